The molecule has 0 aliphatic heterocycles. The maximum absolute atomic E-state index is 10.4. The number of halogens is 1. The van der Waals surface area contributed by atoms with E-state index < -0.39 is 6.10 Å². The van der Waals surface area contributed by atoms with Gasteiger partial charge in [-0.05, 0) is 35.4 Å². The van der Waals surface area contributed by atoms with E-state index in [-0.39, 0.29) is 6.61 Å². The van der Waals surface area contributed by atoms with Gasteiger partial charge >= 0.3 is 0 Å². The van der Waals surface area contributed by atoms with Gasteiger partial charge in [-0.25, -0.2) is 0 Å². The fraction of sp³-hybridized carbons (Fsp3) is 0.200. The number of hydrogen-bond donors (Lipinski definition) is 1. The van der Waals surface area contributed by atoms with Crippen LogP contribution in [-0.4, -0.2) is 38.3 Å². The highest BCUT2D eigenvalue weighted by molar-refractivity contribution is 7.99. The average Bonchev–Trinajstić information content (AvgIpc) is 3.22. The Kier molecular flexibility index (Phi) is 7.96. The summed E-state index contributed by atoms with van der Waals surface area (Å²) in [5, 5.41) is 20.6. The van der Waals surface area contributed by atoms with Crippen molar-refractivity contribution in [2.75, 3.05) is 12.4 Å². The van der Waals surface area contributed by atoms with Crippen molar-refractivity contribution < 1.29 is 9.84 Å². The molecular weight excluding hydrogens is 442 g/mol. The molecule has 3 aromatic carbocycles. The fourth-order valence-corrected chi connectivity index (χ4v) is 4.24. The quantitative estimate of drug-likeness (QED) is 0.327. The molecule has 4 rings (SSSR count). The van der Waals surface area contributed by atoms with Gasteiger partial charge in [-0.3, -0.25) is 4.57 Å². The molecule has 0 radical (unpaired) electrons. The van der Waals surface area contributed by atoms with Crippen LogP contribution in [0.5, 0.6) is 0 Å². The molecule has 5 nitrogen and oxygen atoms in total. The Morgan fingerprint density at radius 1 is 0.875 bits per heavy atom. The van der Waals surface area contributed by atoms with Gasteiger partial charge < -0.3 is 9.84 Å². The van der Waals surface area contributed by atoms with Crippen LogP contribution in [0.15, 0.2) is 90.1 Å². The van der Waals surface area contributed by atoms with E-state index in [1.54, 1.807) is 0 Å². The highest BCUT2D eigenvalue weighted by Crippen LogP contribution is 2.25. The normalized spacial score (nSPS) is 12.1. The first kappa shape index (κ1) is 22.6. The maximum atomic E-state index is 10.4. The number of aromatic nitrogens is 3. The van der Waals surface area contributed by atoms with E-state index in [2.05, 4.69) is 22.3 Å². The smallest absolute Gasteiger partial charge is 0.195 e. The molecule has 1 atom stereocenters. The zero-order valence-electron chi connectivity index (χ0n) is 17.5. The van der Waals surface area contributed by atoms with Gasteiger partial charge in [0, 0.05) is 22.9 Å². The summed E-state index contributed by atoms with van der Waals surface area (Å²) in [5.74, 6) is 1.28. The lowest BCUT2D eigenvalue weighted by Crippen LogP contribution is -2.18. The van der Waals surface area contributed by atoms with Gasteiger partial charge in [0.2, 0.25) is 0 Å². The Labute approximate surface area is 197 Å². The third kappa shape index (κ3) is 6.20. The molecule has 1 aromatic heterocycles. The Morgan fingerprint density at radius 2 is 1.53 bits per heavy atom. The number of hydrogen-bond acceptors (Lipinski definition) is 5. The highest BCUT2D eigenvalue weighted by atomic mass is 35.5. The molecule has 1 heterocycles. The second kappa shape index (κ2) is 11.3. The molecule has 0 saturated carbocycles. The van der Waals surface area contributed by atoms with E-state index >= 15 is 0 Å². The molecule has 164 valence electrons. The number of aliphatic hydroxyl groups is 1. The molecule has 0 aliphatic rings. The number of ether oxygens (including phenoxy) is 1. The third-order valence-electron chi connectivity index (χ3n) is 4.82. The Morgan fingerprint density at radius 3 is 2.22 bits per heavy atom. The summed E-state index contributed by atoms with van der Waals surface area (Å²) in [6, 6.07) is 27.7. The van der Waals surface area contributed by atoms with Crippen LogP contribution in [0.25, 0.3) is 5.69 Å². The van der Waals surface area contributed by atoms with Crippen LogP contribution in [0.3, 0.4) is 0 Å². The fourth-order valence-electron chi connectivity index (χ4n) is 3.24. The largest absolute Gasteiger partial charge is 0.390 e. The summed E-state index contributed by atoms with van der Waals surface area (Å²) in [4.78, 5) is 0. The molecule has 0 unspecified atom stereocenters. The van der Waals surface area contributed by atoms with Gasteiger partial charge in [-0.1, -0.05) is 84.0 Å². The van der Waals surface area contributed by atoms with Crippen molar-refractivity contribution in [3.05, 3.63) is 107 Å². The van der Waals surface area contributed by atoms with Crippen LogP contribution < -0.4 is 0 Å². The van der Waals surface area contributed by atoms with Gasteiger partial charge in [0.1, 0.15) is 5.82 Å². The highest BCUT2D eigenvalue weighted by Gasteiger charge is 2.17. The number of rotatable bonds is 10. The summed E-state index contributed by atoms with van der Waals surface area (Å²) in [5.41, 5.74) is 3.17. The van der Waals surface area contributed by atoms with Crippen LogP contribution in [0, 0.1) is 0 Å². The molecule has 7 heteroatoms. The monoisotopic (exact) mass is 465 g/mol. The average molecular weight is 466 g/mol. The van der Waals surface area contributed by atoms with E-state index in [0.29, 0.717) is 23.8 Å². The molecule has 0 spiro atoms. The van der Waals surface area contributed by atoms with Gasteiger partial charge in [0.15, 0.2) is 5.16 Å². The van der Waals surface area contributed by atoms with E-state index in [0.717, 1.165) is 27.8 Å². The molecular formula is C25H24ClN3O2S. The number of nitrogens with zero attached hydrogens (tertiary/aromatic N) is 3. The molecule has 0 aliphatic carbocycles. The second-order valence-electron chi connectivity index (χ2n) is 7.34. The van der Waals surface area contributed by atoms with Gasteiger partial charge in [-0.15, -0.1) is 10.2 Å². The standard InChI is InChI=1S/C25H24ClN3O2S/c26-21-11-13-22(14-12-21)29-24(15-19-7-3-1-4-8-19)27-28-25(29)32-18-23(30)17-31-16-20-9-5-2-6-10-20/h1-14,23,30H,15-18H2/t23-/m1/s1. The van der Waals surface area contributed by atoms with Gasteiger partial charge in [0.05, 0.1) is 19.3 Å². The van der Waals surface area contributed by atoms with Crippen molar-refractivity contribution in [3.8, 4) is 5.69 Å². The predicted molar refractivity (Wildman–Crippen MR) is 128 cm³/mol. The molecule has 0 saturated heterocycles. The van der Waals surface area contributed by atoms with Crippen molar-refractivity contribution in [1.29, 1.82) is 0 Å². The molecule has 1 N–H and O–H groups in total. The summed E-state index contributed by atoms with van der Waals surface area (Å²) in [7, 11) is 0. The maximum Gasteiger partial charge on any atom is 0.195 e. The first-order valence-electron chi connectivity index (χ1n) is 10.4. The second-order valence-corrected chi connectivity index (χ2v) is 8.76. The van der Waals surface area contributed by atoms with Crippen molar-refractivity contribution in [2.24, 2.45) is 0 Å². The number of benzene rings is 3. The van der Waals surface area contributed by atoms with Gasteiger partial charge in [-0.2, -0.15) is 0 Å². The zero-order valence-corrected chi connectivity index (χ0v) is 19.0. The molecule has 0 amide bonds. The van der Waals surface area contributed by atoms with Crippen LogP contribution >= 0.6 is 23.4 Å². The Hall–Kier alpha value is -2.64. The summed E-state index contributed by atoms with van der Waals surface area (Å²) in [6.45, 7) is 0.735. The lowest BCUT2D eigenvalue weighted by Gasteiger charge is -2.13. The predicted octanol–water partition coefficient (Wildman–Crippen LogP) is 5.18. The van der Waals surface area contributed by atoms with Crippen molar-refractivity contribution in [3.63, 3.8) is 0 Å². The lowest BCUT2D eigenvalue weighted by molar-refractivity contribution is 0.0398. The van der Waals surface area contributed by atoms with E-state index in [9.17, 15) is 5.11 Å². The molecule has 0 fully saturated rings. The summed E-state index contributed by atoms with van der Waals surface area (Å²) >= 11 is 7.54. The summed E-state index contributed by atoms with van der Waals surface area (Å²) < 4.78 is 7.68. The van der Waals surface area contributed by atoms with Crippen molar-refractivity contribution in [2.45, 2.75) is 24.3 Å². The van der Waals surface area contributed by atoms with Gasteiger partial charge in [0.25, 0.3) is 0 Å². The SMILES string of the molecule is O[C@H](COCc1ccccc1)CSc1nnc(Cc2ccccc2)n1-c1ccc(Cl)cc1. The first-order chi connectivity index (χ1) is 15.7. The third-order valence-corrected chi connectivity index (χ3v) is 6.14. The molecule has 32 heavy (non-hydrogen) atoms. The van der Waals surface area contributed by atoms with E-state index in [1.165, 1.54) is 11.8 Å². The number of aliphatic hydroxyl groups excluding tert-OH is 1. The van der Waals surface area contributed by atoms with Crippen LogP contribution in [0.1, 0.15) is 17.0 Å². The number of thioether (sulfide) groups is 1. The zero-order chi connectivity index (χ0) is 22.2. The van der Waals surface area contributed by atoms with Crippen molar-refractivity contribution >= 4 is 23.4 Å². The van der Waals surface area contributed by atoms with E-state index in [1.807, 2.05) is 77.4 Å². The minimum atomic E-state index is -0.614. The summed E-state index contributed by atoms with van der Waals surface area (Å²) in [6.07, 6.45) is 0.0383. The minimum Gasteiger partial charge on any atom is -0.390 e. The van der Waals surface area contributed by atoms with Crippen LogP contribution in [0.4, 0.5) is 0 Å². The minimum absolute atomic E-state index is 0.258. The van der Waals surface area contributed by atoms with E-state index in [4.69, 9.17) is 16.3 Å². The van der Waals surface area contributed by atoms with Crippen molar-refractivity contribution in [1.82, 2.24) is 14.8 Å². The molecule has 4 aromatic rings. The first-order valence-corrected chi connectivity index (χ1v) is 11.7. The van der Waals surface area contributed by atoms with Crippen LogP contribution in [0.2, 0.25) is 5.02 Å². The Bertz CT molecular complexity index is 1110. The topological polar surface area (TPSA) is 60.2 Å². The lowest BCUT2D eigenvalue weighted by atomic mass is 10.1. The van der Waals surface area contributed by atoms with Crippen LogP contribution in [-0.2, 0) is 17.8 Å². The molecule has 0 bridgehead atoms. The Balaban J connectivity index is 1.43.